The van der Waals surface area contributed by atoms with E-state index >= 15 is 0 Å². The van der Waals surface area contributed by atoms with Gasteiger partial charge < -0.3 is 20.0 Å². The van der Waals surface area contributed by atoms with E-state index in [1.54, 1.807) is 12.3 Å². The largest absolute Gasteiger partial charge is 0.487 e. The first kappa shape index (κ1) is 15.1. The molecular weight excluding hydrogens is 400 g/mol. The predicted molar refractivity (Wildman–Crippen MR) is 80.4 cm³/mol. The van der Waals surface area contributed by atoms with Crippen molar-refractivity contribution in [3.8, 4) is 5.75 Å². The summed E-state index contributed by atoms with van der Waals surface area (Å²) in [6.07, 6.45) is 0.730. The van der Waals surface area contributed by atoms with Crippen molar-refractivity contribution in [2.45, 2.75) is 12.5 Å². The SMILES string of the molecule is O=C(O)NCC1=NOC(COc2cc(Cl)cnc2I)C1. The van der Waals surface area contributed by atoms with Crippen molar-refractivity contribution in [2.75, 3.05) is 13.2 Å². The van der Waals surface area contributed by atoms with Gasteiger partial charge in [-0.05, 0) is 22.6 Å². The van der Waals surface area contributed by atoms with Gasteiger partial charge in [-0.3, -0.25) is 0 Å². The molecule has 0 aliphatic carbocycles. The monoisotopic (exact) mass is 411 g/mol. The molecule has 20 heavy (non-hydrogen) atoms. The van der Waals surface area contributed by atoms with E-state index < -0.39 is 6.09 Å². The Morgan fingerprint density at radius 2 is 2.50 bits per heavy atom. The highest BCUT2D eigenvalue weighted by Crippen LogP contribution is 2.23. The fourth-order valence-electron chi connectivity index (χ4n) is 1.55. The molecule has 1 amide bonds. The quantitative estimate of drug-likeness (QED) is 0.572. The van der Waals surface area contributed by atoms with Gasteiger partial charge in [0, 0.05) is 18.7 Å². The van der Waals surface area contributed by atoms with Crippen LogP contribution >= 0.6 is 34.2 Å². The summed E-state index contributed by atoms with van der Waals surface area (Å²) < 4.78 is 6.29. The molecule has 1 aliphatic rings. The summed E-state index contributed by atoms with van der Waals surface area (Å²) in [5, 5.41) is 15.0. The molecule has 0 radical (unpaired) electrons. The highest BCUT2D eigenvalue weighted by atomic mass is 127. The van der Waals surface area contributed by atoms with Gasteiger partial charge >= 0.3 is 6.09 Å². The maximum absolute atomic E-state index is 10.4. The number of amides is 1. The number of pyridine rings is 1. The molecule has 1 unspecified atom stereocenters. The van der Waals surface area contributed by atoms with Gasteiger partial charge in [0.05, 0.1) is 17.3 Å². The number of carbonyl (C=O) groups is 1. The molecule has 0 bridgehead atoms. The third-order valence-corrected chi connectivity index (χ3v) is 3.45. The molecule has 7 nitrogen and oxygen atoms in total. The van der Waals surface area contributed by atoms with Crippen LogP contribution in [-0.2, 0) is 4.84 Å². The molecule has 0 aromatic carbocycles. The summed E-state index contributed by atoms with van der Waals surface area (Å²) in [7, 11) is 0. The minimum Gasteiger partial charge on any atom is -0.487 e. The molecule has 1 atom stereocenters. The number of oxime groups is 1. The molecule has 0 fully saturated rings. The van der Waals surface area contributed by atoms with Gasteiger partial charge in [-0.15, -0.1) is 0 Å². The minimum atomic E-state index is -1.09. The molecule has 0 saturated carbocycles. The van der Waals surface area contributed by atoms with E-state index in [4.69, 9.17) is 26.3 Å². The molecule has 2 N–H and O–H groups in total. The number of hydrogen-bond acceptors (Lipinski definition) is 5. The van der Waals surface area contributed by atoms with Crippen LogP contribution < -0.4 is 10.1 Å². The number of rotatable bonds is 5. The van der Waals surface area contributed by atoms with E-state index in [-0.39, 0.29) is 19.3 Å². The molecule has 0 spiro atoms. The van der Waals surface area contributed by atoms with E-state index in [9.17, 15) is 4.79 Å². The van der Waals surface area contributed by atoms with Crippen LogP contribution in [0.3, 0.4) is 0 Å². The topological polar surface area (TPSA) is 93.0 Å². The van der Waals surface area contributed by atoms with Crippen LogP contribution in [-0.4, -0.2) is 41.2 Å². The number of nitrogens with one attached hydrogen (secondary N) is 1. The Kier molecular flexibility index (Phi) is 5.24. The summed E-state index contributed by atoms with van der Waals surface area (Å²) in [5.74, 6) is 0.582. The number of carboxylic acid groups (broad SMARTS) is 1. The highest BCUT2D eigenvalue weighted by molar-refractivity contribution is 14.1. The van der Waals surface area contributed by atoms with Gasteiger partial charge in [0.1, 0.15) is 10.3 Å². The van der Waals surface area contributed by atoms with E-state index in [1.165, 1.54) is 0 Å². The van der Waals surface area contributed by atoms with E-state index in [2.05, 4.69) is 15.5 Å². The second-order valence-corrected chi connectivity index (χ2v) is 5.46. The molecular formula is C11H11ClIN3O4. The van der Waals surface area contributed by atoms with Gasteiger partial charge in [-0.25, -0.2) is 9.78 Å². The van der Waals surface area contributed by atoms with Gasteiger partial charge in [0.25, 0.3) is 0 Å². The molecule has 9 heteroatoms. The zero-order valence-corrected chi connectivity index (χ0v) is 13.1. The maximum Gasteiger partial charge on any atom is 0.404 e. The summed E-state index contributed by atoms with van der Waals surface area (Å²) in [6, 6.07) is 1.68. The Morgan fingerprint density at radius 3 is 3.25 bits per heavy atom. The Morgan fingerprint density at radius 1 is 1.70 bits per heavy atom. The first-order chi connectivity index (χ1) is 9.54. The first-order valence-corrected chi connectivity index (χ1v) is 7.12. The summed E-state index contributed by atoms with van der Waals surface area (Å²) in [4.78, 5) is 19.6. The maximum atomic E-state index is 10.4. The van der Waals surface area contributed by atoms with Crippen molar-refractivity contribution in [3.63, 3.8) is 0 Å². The smallest absolute Gasteiger partial charge is 0.404 e. The molecule has 1 aromatic heterocycles. The van der Waals surface area contributed by atoms with Crippen molar-refractivity contribution in [1.29, 1.82) is 0 Å². The molecule has 2 heterocycles. The number of ether oxygens (including phenoxy) is 1. The zero-order chi connectivity index (χ0) is 14.5. The number of hydrogen-bond donors (Lipinski definition) is 2. The van der Waals surface area contributed by atoms with Crippen LogP contribution in [0.1, 0.15) is 6.42 Å². The third-order valence-electron chi connectivity index (χ3n) is 2.44. The van der Waals surface area contributed by atoms with Crippen LogP contribution in [0.2, 0.25) is 5.02 Å². The van der Waals surface area contributed by atoms with E-state index in [1.807, 2.05) is 22.6 Å². The molecule has 108 valence electrons. The van der Waals surface area contributed by atoms with Gasteiger partial charge in [0.15, 0.2) is 11.9 Å². The lowest BCUT2D eigenvalue weighted by molar-refractivity contribution is 0.0467. The van der Waals surface area contributed by atoms with Crippen molar-refractivity contribution in [1.82, 2.24) is 10.3 Å². The Labute approximate surface area is 133 Å². The van der Waals surface area contributed by atoms with Crippen molar-refractivity contribution >= 4 is 46.0 Å². The average Bonchev–Trinajstić information content (AvgIpc) is 2.85. The lowest BCUT2D eigenvalue weighted by Gasteiger charge is -2.11. The van der Waals surface area contributed by atoms with Crippen LogP contribution in [0.15, 0.2) is 17.4 Å². The average molecular weight is 412 g/mol. The highest BCUT2D eigenvalue weighted by Gasteiger charge is 2.22. The number of halogens is 2. The zero-order valence-electron chi connectivity index (χ0n) is 10.2. The van der Waals surface area contributed by atoms with Crippen molar-refractivity contribution in [3.05, 3.63) is 21.0 Å². The second-order valence-electron chi connectivity index (χ2n) is 4.00. The minimum absolute atomic E-state index is 0.155. The number of aromatic nitrogens is 1. The van der Waals surface area contributed by atoms with E-state index in [0.29, 0.717) is 26.6 Å². The predicted octanol–water partition coefficient (Wildman–Crippen LogP) is 2.13. The van der Waals surface area contributed by atoms with Crippen molar-refractivity contribution in [2.24, 2.45) is 5.16 Å². The molecule has 0 saturated heterocycles. The lowest BCUT2D eigenvalue weighted by Crippen LogP contribution is -2.28. The molecule has 1 aromatic rings. The summed E-state index contributed by atoms with van der Waals surface area (Å²) >= 11 is 7.89. The Bertz CT molecular complexity index is 540. The standard InChI is InChI=1S/C11H11ClIN3O4/c12-6-1-9(10(13)14-3-6)19-5-8-2-7(16-20-8)4-15-11(17)18/h1,3,8,15H,2,4-5H2,(H,17,18). The number of nitrogens with zero attached hydrogens (tertiary/aromatic N) is 2. The molecule has 2 rings (SSSR count). The van der Waals surface area contributed by atoms with E-state index in [0.717, 1.165) is 0 Å². The van der Waals surface area contributed by atoms with Crippen LogP contribution in [0.4, 0.5) is 4.79 Å². The summed E-state index contributed by atoms with van der Waals surface area (Å²) in [6.45, 7) is 0.445. The van der Waals surface area contributed by atoms with Gasteiger partial charge in [-0.1, -0.05) is 16.8 Å². The van der Waals surface area contributed by atoms with Gasteiger partial charge in [-0.2, -0.15) is 0 Å². The Balaban J connectivity index is 1.79. The summed E-state index contributed by atoms with van der Waals surface area (Å²) in [5.41, 5.74) is 0.639. The second kappa shape index (κ2) is 6.93. The fourth-order valence-corrected chi connectivity index (χ4v) is 2.14. The van der Waals surface area contributed by atoms with Crippen LogP contribution in [0, 0.1) is 3.70 Å². The van der Waals surface area contributed by atoms with Crippen molar-refractivity contribution < 1.29 is 19.5 Å². The molecule has 1 aliphatic heterocycles. The van der Waals surface area contributed by atoms with Gasteiger partial charge in [0.2, 0.25) is 0 Å². The lowest BCUT2D eigenvalue weighted by atomic mass is 10.2. The Hall–Kier alpha value is -1.29. The third kappa shape index (κ3) is 4.37. The fraction of sp³-hybridized carbons (Fsp3) is 0.364. The normalized spacial score (nSPS) is 17.3. The van der Waals surface area contributed by atoms with Crippen LogP contribution in [0.25, 0.3) is 0 Å². The van der Waals surface area contributed by atoms with Crippen LogP contribution in [0.5, 0.6) is 5.75 Å². The first-order valence-electron chi connectivity index (χ1n) is 5.67.